The number of carbonyl (C=O) groups is 1. The molecule has 0 aliphatic carbocycles. The molecule has 3 rings (SSSR count). The van der Waals surface area contributed by atoms with Crippen LogP contribution in [-0.2, 0) is 11.3 Å². The molecule has 8 heteroatoms. The molecule has 0 bridgehead atoms. The number of nitrogens with zero attached hydrogens (tertiary/aromatic N) is 2. The molecular weight excluding hydrogens is 380 g/mol. The molecule has 1 amide bonds. The Balaban J connectivity index is 1.40. The van der Waals surface area contributed by atoms with Crippen molar-refractivity contribution in [3.05, 3.63) is 54.1 Å². The van der Waals surface area contributed by atoms with Crippen LogP contribution < -0.4 is 14.8 Å². The summed E-state index contributed by atoms with van der Waals surface area (Å²) in [6, 6.07) is 13.9. The van der Waals surface area contributed by atoms with E-state index >= 15 is 0 Å². The van der Waals surface area contributed by atoms with Crippen molar-refractivity contribution < 1.29 is 23.0 Å². The third-order valence-electron chi connectivity index (χ3n) is 4.76. The summed E-state index contributed by atoms with van der Waals surface area (Å²) >= 11 is 0. The summed E-state index contributed by atoms with van der Waals surface area (Å²) in [6.45, 7) is 1.70. The average Bonchev–Trinajstić information content (AvgIpc) is 2.71. The molecule has 2 aromatic rings. The molecule has 0 unspecified atom stereocenters. The van der Waals surface area contributed by atoms with Crippen molar-refractivity contribution in [2.45, 2.75) is 13.2 Å². The lowest BCUT2D eigenvalue weighted by Gasteiger charge is -2.34. The standard InChI is InChI=1S/C21H25F2N3O3/c1-28-18-6-2-16(3-7-18)14-25-10-12-26(13-11-25)15-20(27)24-17-4-8-19(9-5-17)29-21(22)23/h2-9,21H,10-15H2,1H3,(H,24,27). The van der Waals surface area contributed by atoms with Crippen molar-refractivity contribution in [1.82, 2.24) is 9.80 Å². The van der Waals surface area contributed by atoms with Crippen LogP contribution in [0.2, 0.25) is 0 Å². The van der Waals surface area contributed by atoms with Crippen LogP contribution in [0.15, 0.2) is 48.5 Å². The molecule has 29 heavy (non-hydrogen) atoms. The van der Waals surface area contributed by atoms with Crippen molar-refractivity contribution in [1.29, 1.82) is 0 Å². The largest absolute Gasteiger partial charge is 0.497 e. The summed E-state index contributed by atoms with van der Waals surface area (Å²) < 4.78 is 33.8. The van der Waals surface area contributed by atoms with Crippen LogP contribution in [0.5, 0.6) is 11.5 Å². The molecule has 0 saturated carbocycles. The quantitative estimate of drug-likeness (QED) is 0.732. The molecule has 1 aliphatic rings. The van der Waals surface area contributed by atoms with Crippen molar-refractivity contribution in [2.75, 3.05) is 45.2 Å². The van der Waals surface area contributed by atoms with E-state index in [1.165, 1.54) is 17.7 Å². The number of anilines is 1. The van der Waals surface area contributed by atoms with Gasteiger partial charge >= 0.3 is 6.61 Å². The number of methoxy groups -OCH3 is 1. The Kier molecular flexibility index (Phi) is 7.37. The van der Waals surface area contributed by atoms with E-state index in [1.807, 2.05) is 12.1 Å². The maximum atomic E-state index is 12.2. The van der Waals surface area contributed by atoms with E-state index in [2.05, 4.69) is 32.0 Å². The topological polar surface area (TPSA) is 54.0 Å². The molecule has 0 aromatic heterocycles. The fourth-order valence-corrected chi connectivity index (χ4v) is 3.22. The summed E-state index contributed by atoms with van der Waals surface area (Å²) in [4.78, 5) is 16.7. The fraction of sp³-hybridized carbons (Fsp3) is 0.381. The van der Waals surface area contributed by atoms with Gasteiger partial charge in [-0.2, -0.15) is 8.78 Å². The van der Waals surface area contributed by atoms with E-state index in [0.29, 0.717) is 12.2 Å². The van der Waals surface area contributed by atoms with Crippen LogP contribution in [0.3, 0.4) is 0 Å². The van der Waals surface area contributed by atoms with Gasteiger partial charge < -0.3 is 14.8 Å². The van der Waals surface area contributed by atoms with Crippen LogP contribution in [0, 0.1) is 0 Å². The Hall–Kier alpha value is -2.71. The third-order valence-corrected chi connectivity index (χ3v) is 4.76. The molecule has 6 nitrogen and oxygen atoms in total. The zero-order valence-electron chi connectivity index (χ0n) is 16.3. The summed E-state index contributed by atoms with van der Waals surface area (Å²) in [5.41, 5.74) is 1.78. The Labute approximate surface area is 169 Å². The van der Waals surface area contributed by atoms with Crippen molar-refractivity contribution >= 4 is 11.6 Å². The molecule has 156 valence electrons. The molecule has 2 aromatic carbocycles. The number of carbonyl (C=O) groups excluding carboxylic acids is 1. The molecule has 1 heterocycles. The van der Waals surface area contributed by atoms with Gasteiger partial charge in [0.25, 0.3) is 0 Å². The number of hydrogen-bond acceptors (Lipinski definition) is 5. The lowest BCUT2D eigenvalue weighted by molar-refractivity contribution is -0.117. The Morgan fingerprint density at radius 3 is 2.14 bits per heavy atom. The Morgan fingerprint density at radius 1 is 0.966 bits per heavy atom. The van der Waals surface area contributed by atoms with E-state index in [1.54, 1.807) is 19.2 Å². The van der Waals surface area contributed by atoms with Crippen LogP contribution in [0.4, 0.5) is 14.5 Å². The molecule has 1 saturated heterocycles. The molecule has 0 radical (unpaired) electrons. The molecule has 1 fully saturated rings. The summed E-state index contributed by atoms with van der Waals surface area (Å²) in [6.07, 6.45) is 0. The second-order valence-electron chi connectivity index (χ2n) is 6.85. The van der Waals surface area contributed by atoms with Gasteiger partial charge in [0, 0.05) is 38.4 Å². The first-order chi connectivity index (χ1) is 14.0. The fourth-order valence-electron chi connectivity index (χ4n) is 3.22. The number of halogens is 2. The van der Waals surface area contributed by atoms with Gasteiger partial charge in [-0.1, -0.05) is 12.1 Å². The maximum absolute atomic E-state index is 12.2. The van der Waals surface area contributed by atoms with Crippen molar-refractivity contribution in [3.8, 4) is 11.5 Å². The van der Waals surface area contributed by atoms with Gasteiger partial charge in [0.15, 0.2) is 0 Å². The molecule has 1 N–H and O–H groups in total. The summed E-state index contributed by atoms with van der Waals surface area (Å²) in [5.74, 6) is 0.780. The van der Waals surface area contributed by atoms with Gasteiger partial charge in [0.1, 0.15) is 11.5 Å². The second-order valence-corrected chi connectivity index (χ2v) is 6.85. The molecule has 1 aliphatic heterocycles. The van der Waals surface area contributed by atoms with Crippen molar-refractivity contribution in [2.24, 2.45) is 0 Å². The Morgan fingerprint density at radius 2 is 1.55 bits per heavy atom. The first-order valence-electron chi connectivity index (χ1n) is 9.44. The first kappa shape index (κ1) is 21.0. The van der Waals surface area contributed by atoms with Gasteiger partial charge in [-0.3, -0.25) is 14.6 Å². The minimum atomic E-state index is -2.86. The normalized spacial score (nSPS) is 15.3. The monoisotopic (exact) mass is 405 g/mol. The minimum Gasteiger partial charge on any atom is -0.497 e. The Bertz CT molecular complexity index is 777. The van der Waals surface area contributed by atoms with Gasteiger partial charge in [-0.05, 0) is 42.0 Å². The van der Waals surface area contributed by atoms with Crippen LogP contribution >= 0.6 is 0 Å². The highest BCUT2D eigenvalue weighted by Crippen LogP contribution is 2.18. The number of amides is 1. The van der Waals surface area contributed by atoms with Crippen molar-refractivity contribution in [3.63, 3.8) is 0 Å². The number of rotatable bonds is 8. The third kappa shape index (κ3) is 6.69. The van der Waals surface area contributed by atoms with E-state index in [-0.39, 0.29) is 11.7 Å². The van der Waals surface area contributed by atoms with Crippen LogP contribution in [0.25, 0.3) is 0 Å². The zero-order chi connectivity index (χ0) is 20.6. The number of alkyl halides is 2. The van der Waals surface area contributed by atoms with Gasteiger partial charge in [-0.15, -0.1) is 0 Å². The first-order valence-corrected chi connectivity index (χ1v) is 9.44. The maximum Gasteiger partial charge on any atom is 0.387 e. The minimum absolute atomic E-state index is 0.0611. The van der Waals surface area contributed by atoms with Crippen LogP contribution in [0.1, 0.15) is 5.56 Å². The highest BCUT2D eigenvalue weighted by Gasteiger charge is 2.19. The highest BCUT2D eigenvalue weighted by molar-refractivity contribution is 5.92. The number of ether oxygens (including phenoxy) is 2. The SMILES string of the molecule is COc1ccc(CN2CCN(CC(=O)Nc3ccc(OC(F)F)cc3)CC2)cc1. The number of piperazine rings is 1. The molecule has 0 atom stereocenters. The van der Waals surface area contributed by atoms with Gasteiger partial charge in [0.2, 0.25) is 5.91 Å². The van der Waals surface area contributed by atoms with E-state index in [4.69, 9.17) is 4.74 Å². The zero-order valence-corrected chi connectivity index (χ0v) is 16.3. The predicted octanol–water partition coefficient (Wildman–Crippen LogP) is 3.05. The van der Waals surface area contributed by atoms with E-state index < -0.39 is 6.61 Å². The second kappa shape index (κ2) is 10.2. The lowest BCUT2D eigenvalue weighted by Crippen LogP contribution is -2.48. The number of benzene rings is 2. The van der Waals surface area contributed by atoms with Crippen LogP contribution in [-0.4, -0.2) is 62.2 Å². The molecule has 0 spiro atoms. The summed E-state index contributed by atoms with van der Waals surface area (Å²) in [7, 11) is 1.65. The van der Waals surface area contributed by atoms with Gasteiger partial charge in [-0.25, -0.2) is 0 Å². The number of nitrogens with one attached hydrogen (secondary N) is 1. The van der Waals surface area contributed by atoms with E-state index in [9.17, 15) is 13.6 Å². The van der Waals surface area contributed by atoms with Gasteiger partial charge in [0.05, 0.1) is 13.7 Å². The highest BCUT2D eigenvalue weighted by atomic mass is 19.3. The lowest BCUT2D eigenvalue weighted by atomic mass is 10.2. The number of hydrogen-bond donors (Lipinski definition) is 1. The summed E-state index contributed by atoms with van der Waals surface area (Å²) in [5, 5.41) is 2.78. The smallest absolute Gasteiger partial charge is 0.387 e. The predicted molar refractivity (Wildman–Crippen MR) is 106 cm³/mol. The molecular formula is C21H25F2N3O3. The van der Waals surface area contributed by atoms with E-state index in [0.717, 1.165) is 38.5 Å². The average molecular weight is 405 g/mol.